The molecule has 0 saturated carbocycles. The Morgan fingerprint density at radius 3 is 2.84 bits per heavy atom. The van der Waals surface area contributed by atoms with Crippen LogP contribution >= 0.6 is 0 Å². The number of rotatable bonds is 8. The molecule has 1 amide bonds. The van der Waals surface area contributed by atoms with Crippen LogP contribution in [0.1, 0.15) is 12.8 Å². The van der Waals surface area contributed by atoms with E-state index in [-0.39, 0.29) is 43.5 Å². The number of nitrogens with one attached hydrogen (secondary N) is 1. The predicted octanol–water partition coefficient (Wildman–Crippen LogP) is 0.862. The second kappa shape index (κ2) is 8.04. The Morgan fingerprint density at radius 1 is 1.42 bits per heavy atom. The molecular formula is C12H16N2O5. The van der Waals surface area contributed by atoms with Crippen molar-refractivity contribution in [1.82, 2.24) is 5.32 Å². The second-order valence-electron chi connectivity index (χ2n) is 3.75. The number of amides is 1. The molecule has 104 valence electrons. The zero-order valence-corrected chi connectivity index (χ0v) is 10.4. The van der Waals surface area contributed by atoms with Crippen LogP contribution < -0.4 is 10.1 Å². The molecule has 0 heterocycles. The summed E-state index contributed by atoms with van der Waals surface area (Å²) >= 11 is 0. The molecule has 7 heteroatoms. The molecule has 1 rings (SSSR count). The first-order chi connectivity index (χ1) is 9.15. The van der Waals surface area contributed by atoms with E-state index in [1.807, 2.05) is 0 Å². The number of aliphatic hydroxyl groups is 1. The fourth-order valence-electron chi connectivity index (χ4n) is 1.43. The van der Waals surface area contributed by atoms with Gasteiger partial charge in [0, 0.05) is 19.0 Å². The fourth-order valence-corrected chi connectivity index (χ4v) is 1.43. The number of carbonyl (C=O) groups is 1. The van der Waals surface area contributed by atoms with E-state index >= 15 is 0 Å². The van der Waals surface area contributed by atoms with Crippen molar-refractivity contribution in [2.45, 2.75) is 12.8 Å². The fraction of sp³-hybridized carbons (Fsp3) is 0.417. The first kappa shape index (κ1) is 14.9. The molecule has 0 saturated heterocycles. The smallest absolute Gasteiger partial charge is 0.310 e. The van der Waals surface area contributed by atoms with Crippen molar-refractivity contribution < 1.29 is 19.6 Å². The van der Waals surface area contributed by atoms with Crippen molar-refractivity contribution >= 4 is 11.6 Å². The molecule has 1 aromatic rings. The molecule has 0 fully saturated rings. The van der Waals surface area contributed by atoms with Crippen LogP contribution in [0.4, 0.5) is 5.69 Å². The number of carbonyl (C=O) groups excluding carboxylic acids is 1. The monoisotopic (exact) mass is 268 g/mol. The van der Waals surface area contributed by atoms with Crippen molar-refractivity contribution in [2.24, 2.45) is 0 Å². The standard InChI is InChI=1S/C12H16N2O5/c15-8-7-13-12(16)6-3-9-19-11-5-2-1-4-10(11)14(17)18/h1-2,4-5,15H,3,6-9H2,(H,13,16). The van der Waals surface area contributed by atoms with Crippen molar-refractivity contribution in [3.8, 4) is 5.75 Å². The maximum Gasteiger partial charge on any atom is 0.310 e. The summed E-state index contributed by atoms with van der Waals surface area (Å²) in [6.45, 7) is 0.347. The van der Waals surface area contributed by atoms with Crippen LogP contribution in [-0.4, -0.2) is 35.7 Å². The van der Waals surface area contributed by atoms with E-state index in [1.54, 1.807) is 12.1 Å². The summed E-state index contributed by atoms with van der Waals surface area (Å²) < 4.78 is 5.28. The molecule has 0 atom stereocenters. The van der Waals surface area contributed by atoms with Gasteiger partial charge in [-0.1, -0.05) is 12.1 Å². The highest BCUT2D eigenvalue weighted by Gasteiger charge is 2.13. The average molecular weight is 268 g/mol. The van der Waals surface area contributed by atoms with E-state index in [1.165, 1.54) is 12.1 Å². The van der Waals surface area contributed by atoms with Crippen molar-refractivity contribution in [3.63, 3.8) is 0 Å². The van der Waals surface area contributed by atoms with Gasteiger partial charge in [0.15, 0.2) is 5.75 Å². The zero-order chi connectivity index (χ0) is 14.1. The van der Waals surface area contributed by atoms with E-state index in [0.29, 0.717) is 6.42 Å². The van der Waals surface area contributed by atoms with Gasteiger partial charge in [-0.3, -0.25) is 14.9 Å². The Labute approximate surface area is 110 Å². The molecule has 0 aliphatic rings. The van der Waals surface area contributed by atoms with Crippen LogP contribution in [0.5, 0.6) is 5.75 Å². The largest absolute Gasteiger partial charge is 0.487 e. The van der Waals surface area contributed by atoms with E-state index < -0.39 is 4.92 Å². The third-order valence-corrected chi connectivity index (χ3v) is 2.30. The summed E-state index contributed by atoms with van der Waals surface area (Å²) in [5, 5.41) is 21.7. The quantitative estimate of drug-likeness (QED) is 0.413. The number of nitro groups is 1. The lowest BCUT2D eigenvalue weighted by Crippen LogP contribution is -2.26. The highest BCUT2D eigenvalue weighted by atomic mass is 16.6. The maximum atomic E-state index is 11.2. The van der Waals surface area contributed by atoms with Crippen molar-refractivity contribution in [2.75, 3.05) is 19.8 Å². The van der Waals surface area contributed by atoms with Crippen LogP contribution in [0.3, 0.4) is 0 Å². The second-order valence-corrected chi connectivity index (χ2v) is 3.75. The molecule has 19 heavy (non-hydrogen) atoms. The third kappa shape index (κ3) is 5.35. The summed E-state index contributed by atoms with van der Waals surface area (Å²) in [7, 11) is 0. The Morgan fingerprint density at radius 2 is 2.16 bits per heavy atom. The molecule has 2 N–H and O–H groups in total. The highest BCUT2D eigenvalue weighted by molar-refractivity contribution is 5.75. The van der Waals surface area contributed by atoms with Gasteiger partial charge >= 0.3 is 5.69 Å². The van der Waals surface area contributed by atoms with Gasteiger partial charge in [-0.2, -0.15) is 0 Å². The first-order valence-corrected chi connectivity index (χ1v) is 5.89. The van der Waals surface area contributed by atoms with Crippen LogP contribution in [-0.2, 0) is 4.79 Å². The Balaban J connectivity index is 2.33. The molecule has 0 unspecified atom stereocenters. The Bertz CT molecular complexity index is 436. The van der Waals surface area contributed by atoms with Gasteiger partial charge in [0.2, 0.25) is 5.91 Å². The molecule has 0 radical (unpaired) electrons. The van der Waals surface area contributed by atoms with Gasteiger partial charge in [-0.25, -0.2) is 0 Å². The summed E-state index contributed by atoms with van der Waals surface area (Å²) in [4.78, 5) is 21.4. The number of hydrogen-bond donors (Lipinski definition) is 2. The third-order valence-electron chi connectivity index (χ3n) is 2.30. The van der Waals surface area contributed by atoms with Crippen LogP contribution in [0.25, 0.3) is 0 Å². The first-order valence-electron chi connectivity index (χ1n) is 5.89. The van der Waals surface area contributed by atoms with E-state index in [9.17, 15) is 14.9 Å². The number of benzene rings is 1. The molecule has 1 aromatic carbocycles. The van der Waals surface area contributed by atoms with E-state index in [4.69, 9.17) is 9.84 Å². The normalized spacial score (nSPS) is 9.95. The molecule has 0 aliphatic heterocycles. The number of ether oxygens (including phenoxy) is 1. The highest BCUT2D eigenvalue weighted by Crippen LogP contribution is 2.25. The minimum atomic E-state index is -0.511. The summed E-state index contributed by atoms with van der Waals surface area (Å²) in [6, 6.07) is 6.09. The number of aliphatic hydroxyl groups excluding tert-OH is 1. The Kier molecular flexibility index (Phi) is 6.31. The van der Waals surface area contributed by atoms with Gasteiger partial charge in [-0.15, -0.1) is 0 Å². The summed E-state index contributed by atoms with van der Waals surface area (Å²) in [6.07, 6.45) is 0.698. The lowest BCUT2D eigenvalue weighted by molar-refractivity contribution is -0.385. The van der Waals surface area contributed by atoms with Crippen molar-refractivity contribution in [1.29, 1.82) is 0 Å². The number of nitro benzene ring substituents is 1. The van der Waals surface area contributed by atoms with Crippen molar-refractivity contribution in [3.05, 3.63) is 34.4 Å². The zero-order valence-electron chi connectivity index (χ0n) is 10.4. The molecule has 0 spiro atoms. The van der Waals surface area contributed by atoms with Gasteiger partial charge in [0.25, 0.3) is 0 Å². The van der Waals surface area contributed by atoms with Crippen LogP contribution in [0.15, 0.2) is 24.3 Å². The summed E-state index contributed by atoms with van der Waals surface area (Å²) in [5.74, 6) is 0.0171. The maximum absolute atomic E-state index is 11.2. The SMILES string of the molecule is O=C(CCCOc1ccccc1[N+](=O)[O-])NCCO. The van der Waals surface area contributed by atoms with E-state index in [0.717, 1.165) is 0 Å². The van der Waals surface area contributed by atoms with Gasteiger partial charge in [-0.05, 0) is 12.5 Å². The lowest BCUT2D eigenvalue weighted by Gasteiger charge is -2.06. The van der Waals surface area contributed by atoms with Gasteiger partial charge in [0.1, 0.15) is 0 Å². The number of hydrogen-bond acceptors (Lipinski definition) is 5. The van der Waals surface area contributed by atoms with Crippen LogP contribution in [0.2, 0.25) is 0 Å². The van der Waals surface area contributed by atoms with Crippen LogP contribution in [0, 0.1) is 10.1 Å². The van der Waals surface area contributed by atoms with Gasteiger partial charge < -0.3 is 15.2 Å². The van der Waals surface area contributed by atoms with Gasteiger partial charge in [0.05, 0.1) is 18.1 Å². The predicted molar refractivity (Wildman–Crippen MR) is 67.9 cm³/mol. The minimum Gasteiger partial charge on any atom is -0.487 e. The summed E-state index contributed by atoms with van der Waals surface area (Å²) in [5.41, 5.74) is -0.0905. The Hall–Kier alpha value is -2.15. The molecule has 0 aromatic heterocycles. The number of para-hydroxylation sites is 2. The lowest BCUT2D eigenvalue weighted by atomic mass is 10.3. The molecular weight excluding hydrogens is 252 g/mol. The molecule has 7 nitrogen and oxygen atoms in total. The topological polar surface area (TPSA) is 102 Å². The van der Waals surface area contributed by atoms with E-state index in [2.05, 4.69) is 5.32 Å². The molecule has 0 bridgehead atoms. The average Bonchev–Trinajstić information content (AvgIpc) is 2.41. The minimum absolute atomic E-state index is 0.0905. The molecule has 0 aliphatic carbocycles. The number of nitrogens with zero attached hydrogens (tertiary/aromatic N) is 1.